The molecule has 0 saturated carbocycles. The van der Waals surface area contributed by atoms with Gasteiger partial charge in [0.25, 0.3) is 0 Å². The molecule has 0 radical (unpaired) electrons. The van der Waals surface area contributed by atoms with Crippen LogP contribution in [0.25, 0.3) is 0 Å². The number of aromatic hydroxyl groups is 1. The molecule has 2 aromatic rings. The van der Waals surface area contributed by atoms with Crippen molar-refractivity contribution in [1.29, 1.82) is 0 Å². The Bertz CT molecular complexity index is 719. The van der Waals surface area contributed by atoms with Crippen molar-refractivity contribution in [1.82, 2.24) is 0 Å². The van der Waals surface area contributed by atoms with E-state index in [9.17, 15) is 9.90 Å². The minimum absolute atomic E-state index is 0.00825. The van der Waals surface area contributed by atoms with Gasteiger partial charge >= 0.3 is 0 Å². The van der Waals surface area contributed by atoms with Crippen LogP contribution in [0.2, 0.25) is 0 Å². The fourth-order valence-electron chi connectivity index (χ4n) is 2.23. The number of carbonyl (C=O) groups excluding carboxylic acids is 1. The number of phenols is 1. The Morgan fingerprint density at radius 2 is 1.87 bits per heavy atom. The zero-order chi connectivity index (χ0) is 16.8. The largest absolute Gasteiger partial charge is 0.504 e. The van der Waals surface area contributed by atoms with E-state index in [-0.39, 0.29) is 18.2 Å². The van der Waals surface area contributed by atoms with Crippen LogP contribution >= 0.6 is 0 Å². The normalized spacial score (nSPS) is 10.7. The van der Waals surface area contributed by atoms with E-state index in [1.54, 1.807) is 18.2 Å². The Morgan fingerprint density at radius 1 is 1.22 bits per heavy atom. The van der Waals surface area contributed by atoms with E-state index < -0.39 is 0 Å². The predicted molar refractivity (Wildman–Crippen MR) is 91.7 cm³/mol. The molecule has 0 bridgehead atoms. The summed E-state index contributed by atoms with van der Waals surface area (Å²) in [6.45, 7) is 3.87. The van der Waals surface area contributed by atoms with Gasteiger partial charge in [0.05, 0.1) is 7.11 Å². The third kappa shape index (κ3) is 4.10. The number of phenolic OH excluding ortho intramolecular Hbond substituents is 1. The number of aliphatic imine (C=N–C) groups is 1. The molecule has 23 heavy (non-hydrogen) atoms. The van der Waals surface area contributed by atoms with Crippen molar-refractivity contribution in [2.75, 3.05) is 19.0 Å². The molecular weight excluding hydrogens is 292 g/mol. The van der Waals surface area contributed by atoms with Gasteiger partial charge in [-0.1, -0.05) is 24.3 Å². The number of nitrogens with zero attached hydrogens (tertiary/aromatic N) is 1. The van der Waals surface area contributed by atoms with Crippen LogP contribution in [0.5, 0.6) is 11.5 Å². The van der Waals surface area contributed by atoms with E-state index >= 15 is 0 Å². The van der Waals surface area contributed by atoms with Gasteiger partial charge in [0.1, 0.15) is 6.54 Å². The molecule has 0 aliphatic heterocycles. The van der Waals surface area contributed by atoms with Crippen LogP contribution in [0.15, 0.2) is 41.4 Å². The molecule has 0 saturated heterocycles. The Kier molecular flexibility index (Phi) is 5.36. The van der Waals surface area contributed by atoms with E-state index in [1.807, 2.05) is 32.0 Å². The highest BCUT2D eigenvalue weighted by molar-refractivity contribution is 5.95. The number of hydrogen-bond acceptors (Lipinski definition) is 4. The van der Waals surface area contributed by atoms with Crippen molar-refractivity contribution in [3.05, 3.63) is 53.1 Å². The van der Waals surface area contributed by atoms with Gasteiger partial charge in [-0.15, -0.1) is 0 Å². The molecule has 5 heteroatoms. The lowest BCUT2D eigenvalue weighted by Gasteiger charge is -2.10. The number of amides is 1. The van der Waals surface area contributed by atoms with E-state index in [0.717, 1.165) is 16.8 Å². The average Bonchev–Trinajstić information content (AvgIpc) is 2.53. The lowest BCUT2D eigenvalue weighted by molar-refractivity contribution is -0.114. The molecule has 0 spiro atoms. The summed E-state index contributed by atoms with van der Waals surface area (Å²) in [5.74, 6) is 0.170. The molecule has 2 rings (SSSR count). The van der Waals surface area contributed by atoms with Crippen molar-refractivity contribution >= 4 is 17.8 Å². The van der Waals surface area contributed by atoms with E-state index in [4.69, 9.17) is 4.74 Å². The van der Waals surface area contributed by atoms with E-state index in [1.165, 1.54) is 13.3 Å². The standard InChI is InChI=1S/C18H20N2O3/c1-12-6-4-7-13(2)17(12)20-16(21)11-19-10-14-8-5-9-15(23-3)18(14)22/h4-10,22H,11H2,1-3H3,(H,20,21). The number of carbonyl (C=O) groups is 1. The monoisotopic (exact) mass is 312 g/mol. The smallest absolute Gasteiger partial charge is 0.246 e. The summed E-state index contributed by atoms with van der Waals surface area (Å²) < 4.78 is 5.03. The zero-order valence-corrected chi connectivity index (χ0v) is 13.5. The highest BCUT2D eigenvalue weighted by atomic mass is 16.5. The molecule has 0 aliphatic rings. The van der Waals surface area contributed by atoms with Gasteiger partial charge < -0.3 is 15.2 Å². The maximum Gasteiger partial charge on any atom is 0.246 e. The SMILES string of the molecule is COc1cccc(C=NCC(=O)Nc2c(C)cccc2C)c1O. The van der Waals surface area contributed by atoms with Crippen molar-refractivity contribution in [2.45, 2.75) is 13.8 Å². The lowest BCUT2D eigenvalue weighted by atomic mass is 10.1. The van der Waals surface area contributed by atoms with Gasteiger partial charge in [0, 0.05) is 17.5 Å². The summed E-state index contributed by atoms with van der Waals surface area (Å²) in [6, 6.07) is 10.9. The number of para-hydroxylation sites is 2. The molecule has 2 N–H and O–H groups in total. The molecule has 2 aromatic carbocycles. The molecule has 120 valence electrons. The van der Waals surface area contributed by atoms with Crippen LogP contribution in [0.1, 0.15) is 16.7 Å². The van der Waals surface area contributed by atoms with Gasteiger partial charge in [0.2, 0.25) is 5.91 Å². The van der Waals surface area contributed by atoms with Crippen molar-refractivity contribution in [3.8, 4) is 11.5 Å². The van der Waals surface area contributed by atoms with Crippen LogP contribution in [0, 0.1) is 13.8 Å². The van der Waals surface area contributed by atoms with Crippen molar-refractivity contribution < 1.29 is 14.6 Å². The lowest BCUT2D eigenvalue weighted by Crippen LogP contribution is -2.16. The first-order chi connectivity index (χ1) is 11.0. The molecule has 0 atom stereocenters. The maximum atomic E-state index is 12.0. The first kappa shape index (κ1) is 16.5. The van der Waals surface area contributed by atoms with Crippen LogP contribution in [-0.4, -0.2) is 30.9 Å². The number of aryl methyl sites for hydroxylation is 2. The van der Waals surface area contributed by atoms with Crippen LogP contribution in [0.4, 0.5) is 5.69 Å². The van der Waals surface area contributed by atoms with Crippen molar-refractivity contribution in [3.63, 3.8) is 0 Å². The van der Waals surface area contributed by atoms with E-state index in [2.05, 4.69) is 10.3 Å². The second-order valence-corrected chi connectivity index (χ2v) is 5.18. The number of ether oxygens (including phenoxy) is 1. The van der Waals surface area contributed by atoms with Gasteiger partial charge in [-0.3, -0.25) is 9.79 Å². The number of methoxy groups -OCH3 is 1. The molecule has 0 heterocycles. The van der Waals surface area contributed by atoms with Crippen molar-refractivity contribution in [2.24, 2.45) is 4.99 Å². The highest BCUT2D eigenvalue weighted by Crippen LogP contribution is 2.28. The summed E-state index contributed by atoms with van der Waals surface area (Å²) in [5, 5.41) is 12.8. The van der Waals surface area contributed by atoms with E-state index in [0.29, 0.717) is 11.3 Å². The van der Waals surface area contributed by atoms with Crippen LogP contribution < -0.4 is 10.1 Å². The molecule has 5 nitrogen and oxygen atoms in total. The zero-order valence-electron chi connectivity index (χ0n) is 13.5. The third-order valence-electron chi connectivity index (χ3n) is 3.46. The Labute approximate surface area is 135 Å². The highest BCUT2D eigenvalue weighted by Gasteiger charge is 2.07. The number of rotatable bonds is 5. The Hall–Kier alpha value is -2.82. The van der Waals surface area contributed by atoms with Gasteiger partial charge in [0.15, 0.2) is 11.5 Å². The average molecular weight is 312 g/mol. The fourth-order valence-corrected chi connectivity index (χ4v) is 2.23. The molecule has 0 aromatic heterocycles. The Balaban J connectivity index is 2.02. The summed E-state index contributed by atoms with van der Waals surface area (Å²) in [7, 11) is 1.48. The second-order valence-electron chi connectivity index (χ2n) is 5.18. The van der Waals surface area contributed by atoms with Crippen LogP contribution in [0.3, 0.4) is 0 Å². The number of benzene rings is 2. The summed E-state index contributed by atoms with van der Waals surface area (Å²) in [6.07, 6.45) is 1.46. The molecule has 0 fully saturated rings. The van der Waals surface area contributed by atoms with Crippen LogP contribution in [-0.2, 0) is 4.79 Å². The number of hydrogen-bond donors (Lipinski definition) is 2. The first-order valence-corrected chi connectivity index (χ1v) is 7.24. The maximum absolute atomic E-state index is 12.0. The van der Waals surface area contributed by atoms with Gasteiger partial charge in [-0.25, -0.2) is 0 Å². The minimum atomic E-state index is -0.207. The van der Waals surface area contributed by atoms with Gasteiger partial charge in [-0.05, 0) is 37.1 Å². The fraction of sp³-hybridized carbons (Fsp3) is 0.222. The number of anilines is 1. The molecule has 0 unspecified atom stereocenters. The topological polar surface area (TPSA) is 70.9 Å². The molecular formula is C18H20N2O3. The first-order valence-electron chi connectivity index (χ1n) is 7.24. The Morgan fingerprint density at radius 3 is 2.52 bits per heavy atom. The molecule has 0 aliphatic carbocycles. The minimum Gasteiger partial charge on any atom is -0.504 e. The quantitative estimate of drug-likeness (QED) is 0.834. The summed E-state index contributed by atoms with van der Waals surface area (Å²) in [5.41, 5.74) is 3.33. The summed E-state index contributed by atoms with van der Waals surface area (Å²) in [4.78, 5) is 16.1. The summed E-state index contributed by atoms with van der Waals surface area (Å²) >= 11 is 0. The third-order valence-corrected chi connectivity index (χ3v) is 3.46. The predicted octanol–water partition coefficient (Wildman–Crippen LogP) is 3.08. The second kappa shape index (κ2) is 7.45. The van der Waals surface area contributed by atoms with Gasteiger partial charge in [-0.2, -0.15) is 0 Å². The number of nitrogens with one attached hydrogen (secondary N) is 1. The molecule has 1 amide bonds.